The lowest BCUT2D eigenvalue weighted by Crippen LogP contribution is -2.46. The van der Waals surface area contributed by atoms with Crippen molar-refractivity contribution in [3.8, 4) is 5.75 Å². The third-order valence-corrected chi connectivity index (χ3v) is 4.33. The second-order valence-electron chi connectivity index (χ2n) is 7.11. The summed E-state index contributed by atoms with van der Waals surface area (Å²) in [6, 6.07) is 8.19. The zero-order valence-corrected chi connectivity index (χ0v) is 14.9. The molecule has 7 heteroatoms. The number of tetrazole rings is 1. The summed E-state index contributed by atoms with van der Waals surface area (Å²) in [7, 11) is 1.72. The van der Waals surface area contributed by atoms with E-state index in [1.165, 1.54) is 5.69 Å². The van der Waals surface area contributed by atoms with Crippen molar-refractivity contribution in [3.05, 3.63) is 30.1 Å². The fourth-order valence-electron chi connectivity index (χ4n) is 3.06. The predicted molar refractivity (Wildman–Crippen MR) is 93.3 cm³/mol. The van der Waals surface area contributed by atoms with Crippen molar-refractivity contribution < 1.29 is 4.74 Å². The van der Waals surface area contributed by atoms with E-state index in [2.05, 4.69) is 58.2 Å². The molecule has 1 aromatic heterocycles. The quantitative estimate of drug-likeness (QED) is 0.851. The highest BCUT2D eigenvalue weighted by atomic mass is 16.5. The summed E-state index contributed by atoms with van der Waals surface area (Å²) in [4.78, 5) is 4.78. The smallest absolute Gasteiger partial charge is 0.165 e. The van der Waals surface area contributed by atoms with E-state index in [1.807, 2.05) is 16.8 Å². The average Bonchev–Trinajstić information content (AvgIpc) is 3.04. The van der Waals surface area contributed by atoms with Crippen LogP contribution in [0, 0.1) is 0 Å². The van der Waals surface area contributed by atoms with Gasteiger partial charge in [-0.3, -0.25) is 4.90 Å². The first-order valence-corrected chi connectivity index (χ1v) is 8.37. The molecule has 0 unspecified atom stereocenters. The minimum absolute atomic E-state index is 0.0991. The summed E-state index contributed by atoms with van der Waals surface area (Å²) >= 11 is 0. The van der Waals surface area contributed by atoms with E-state index in [-0.39, 0.29) is 5.54 Å². The highest BCUT2D eigenvalue weighted by Crippen LogP contribution is 2.28. The van der Waals surface area contributed by atoms with Crippen LogP contribution in [0.5, 0.6) is 5.75 Å². The van der Waals surface area contributed by atoms with Gasteiger partial charge >= 0.3 is 0 Å². The summed E-state index contributed by atoms with van der Waals surface area (Å²) in [6.07, 6.45) is 0. The van der Waals surface area contributed by atoms with Gasteiger partial charge in [0.1, 0.15) is 5.75 Å². The summed E-state index contributed by atoms with van der Waals surface area (Å²) < 4.78 is 7.39. The summed E-state index contributed by atoms with van der Waals surface area (Å²) in [5, 5.41) is 12.2. The normalized spacial score (nSPS) is 16.4. The van der Waals surface area contributed by atoms with E-state index in [0.717, 1.165) is 44.3 Å². The third kappa shape index (κ3) is 3.51. The molecule has 24 heavy (non-hydrogen) atoms. The maximum absolute atomic E-state index is 5.48. The zero-order valence-electron chi connectivity index (χ0n) is 14.9. The van der Waals surface area contributed by atoms with Gasteiger partial charge in [-0.2, -0.15) is 0 Å². The lowest BCUT2D eigenvalue weighted by Gasteiger charge is -2.36. The molecule has 0 saturated carbocycles. The highest BCUT2D eigenvalue weighted by molar-refractivity contribution is 5.58. The Morgan fingerprint density at radius 3 is 2.46 bits per heavy atom. The Bertz CT molecular complexity index is 670. The molecule has 130 valence electrons. The Labute approximate surface area is 143 Å². The van der Waals surface area contributed by atoms with E-state index in [1.54, 1.807) is 7.11 Å². The molecular formula is C17H26N6O. The van der Waals surface area contributed by atoms with Gasteiger partial charge in [0.25, 0.3) is 0 Å². The van der Waals surface area contributed by atoms with Crippen molar-refractivity contribution in [2.45, 2.75) is 32.9 Å². The van der Waals surface area contributed by atoms with Crippen molar-refractivity contribution >= 4 is 5.69 Å². The SMILES string of the molecule is COc1ccccc1N1CCN(Cc2nnnn2C(C)(C)C)CC1. The Morgan fingerprint density at radius 1 is 1.08 bits per heavy atom. The van der Waals surface area contributed by atoms with Gasteiger partial charge in [-0.25, -0.2) is 4.68 Å². The van der Waals surface area contributed by atoms with E-state index >= 15 is 0 Å². The van der Waals surface area contributed by atoms with Crippen molar-refractivity contribution in [2.24, 2.45) is 0 Å². The monoisotopic (exact) mass is 330 g/mol. The summed E-state index contributed by atoms with van der Waals surface area (Å²) in [5.74, 6) is 1.86. The van der Waals surface area contributed by atoms with Gasteiger partial charge in [0.2, 0.25) is 0 Å². The number of hydrogen-bond donors (Lipinski definition) is 0. The number of methoxy groups -OCH3 is 1. The number of benzene rings is 1. The number of rotatable bonds is 4. The zero-order chi connectivity index (χ0) is 17.2. The van der Waals surface area contributed by atoms with E-state index in [0.29, 0.717) is 0 Å². The fraction of sp³-hybridized carbons (Fsp3) is 0.588. The van der Waals surface area contributed by atoms with Gasteiger partial charge in [0.05, 0.1) is 24.9 Å². The maximum Gasteiger partial charge on any atom is 0.165 e. The number of nitrogens with zero attached hydrogens (tertiary/aromatic N) is 6. The lowest BCUT2D eigenvalue weighted by atomic mass is 10.1. The van der Waals surface area contributed by atoms with Gasteiger partial charge in [0.15, 0.2) is 5.82 Å². The second kappa shape index (κ2) is 6.76. The van der Waals surface area contributed by atoms with Gasteiger partial charge in [-0.1, -0.05) is 12.1 Å². The van der Waals surface area contributed by atoms with Crippen molar-refractivity contribution in [1.82, 2.24) is 25.1 Å². The second-order valence-corrected chi connectivity index (χ2v) is 7.11. The van der Waals surface area contributed by atoms with Crippen LogP contribution in [0.4, 0.5) is 5.69 Å². The van der Waals surface area contributed by atoms with Gasteiger partial charge in [-0.05, 0) is 43.3 Å². The molecule has 0 aliphatic carbocycles. The van der Waals surface area contributed by atoms with Crippen molar-refractivity contribution in [3.63, 3.8) is 0 Å². The highest BCUT2D eigenvalue weighted by Gasteiger charge is 2.24. The largest absolute Gasteiger partial charge is 0.495 e. The van der Waals surface area contributed by atoms with Crippen LogP contribution < -0.4 is 9.64 Å². The van der Waals surface area contributed by atoms with E-state index in [9.17, 15) is 0 Å². The molecule has 7 nitrogen and oxygen atoms in total. The van der Waals surface area contributed by atoms with Crippen molar-refractivity contribution in [2.75, 3.05) is 38.2 Å². The van der Waals surface area contributed by atoms with Crippen LogP contribution in [0.1, 0.15) is 26.6 Å². The molecule has 2 heterocycles. The first kappa shape index (κ1) is 16.7. The molecule has 0 spiro atoms. The van der Waals surface area contributed by atoms with Gasteiger partial charge in [0, 0.05) is 26.2 Å². The summed E-state index contributed by atoms with van der Waals surface area (Å²) in [5.41, 5.74) is 1.07. The van der Waals surface area contributed by atoms with Crippen LogP contribution in [0.3, 0.4) is 0 Å². The Morgan fingerprint density at radius 2 is 1.79 bits per heavy atom. The predicted octanol–water partition coefficient (Wildman–Crippen LogP) is 1.76. The topological polar surface area (TPSA) is 59.3 Å². The van der Waals surface area contributed by atoms with Crippen LogP contribution in [-0.4, -0.2) is 58.4 Å². The molecule has 3 rings (SSSR count). The Hall–Kier alpha value is -2.15. The van der Waals surface area contributed by atoms with Crippen LogP contribution in [0.2, 0.25) is 0 Å². The molecule has 0 amide bonds. The van der Waals surface area contributed by atoms with Crippen LogP contribution in [-0.2, 0) is 12.1 Å². The number of piperazine rings is 1. The molecule has 0 atom stereocenters. The minimum atomic E-state index is -0.0991. The molecule has 1 aliphatic rings. The Kier molecular flexibility index (Phi) is 4.71. The number of hydrogen-bond acceptors (Lipinski definition) is 6. The van der Waals surface area contributed by atoms with Gasteiger partial charge in [-0.15, -0.1) is 5.10 Å². The molecule has 1 aromatic carbocycles. The average molecular weight is 330 g/mol. The van der Waals surface area contributed by atoms with Crippen LogP contribution in [0.25, 0.3) is 0 Å². The standard InChI is InChI=1S/C17H26N6O/c1-17(2,3)23-16(18-19-20-23)13-21-9-11-22(12-10-21)14-7-5-6-8-15(14)24-4/h5-8H,9-13H2,1-4H3. The Balaban J connectivity index is 1.63. The van der Waals surface area contributed by atoms with Crippen molar-refractivity contribution in [1.29, 1.82) is 0 Å². The molecule has 2 aromatic rings. The van der Waals surface area contributed by atoms with E-state index in [4.69, 9.17) is 4.74 Å². The van der Waals surface area contributed by atoms with E-state index < -0.39 is 0 Å². The van der Waals surface area contributed by atoms with Crippen LogP contribution >= 0.6 is 0 Å². The first-order valence-electron chi connectivity index (χ1n) is 8.37. The van der Waals surface area contributed by atoms with Crippen LogP contribution in [0.15, 0.2) is 24.3 Å². The third-order valence-electron chi connectivity index (χ3n) is 4.33. The first-order chi connectivity index (χ1) is 11.5. The minimum Gasteiger partial charge on any atom is -0.495 e. The molecule has 0 N–H and O–H groups in total. The molecule has 0 bridgehead atoms. The lowest BCUT2D eigenvalue weighted by molar-refractivity contribution is 0.227. The molecule has 1 fully saturated rings. The number of para-hydroxylation sites is 2. The molecule has 0 radical (unpaired) electrons. The van der Waals surface area contributed by atoms with Gasteiger partial charge < -0.3 is 9.64 Å². The molecule has 1 aliphatic heterocycles. The number of aromatic nitrogens is 4. The molecular weight excluding hydrogens is 304 g/mol. The molecule has 1 saturated heterocycles. The number of anilines is 1. The summed E-state index contributed by atoms with van der Waals surface area (Å²) in [6.45, 7) is 11.0. The fourth-order valence-corrected chi connectivity index (χ4v) is 3.06. The number of ether oxygens (including phenoxy) is 1. The maximum atomic E-state index is 5.48.